The molecule has 1 aliphatic rings. The molecule has 34 heavy (non-hydrogen) atoms. The fourth-order valence-corrected chi connectivity index (χ4v) is 3.40. The number of hydrogen-bond donors (Lipinski definition) is 4. The number of aliphatic hydroxyl groups excluding tert-OH is 2. The second-order valence-electron chi connectivity index (χ2n) is 7.89. The summed E-state index contributed by atoms with van der Waals surface area (Å²) in [6.45, 7) is 2.08. The summed E-state index contributed by atoms with van der Waals surface area (Å²) >= 11 is 0. The van der Waals surface area contributed by atoms with Crippen LogP contribution < -0.4 is 10.6 Å². The van der Waals surface area contributed by atoms with Gasteiger partial charge in [0.15, 0.2) is 5.78 Å². The maximum Gasteiger partial charge on any atom is 0.323 e. The van der Waals surface area contributed by atoms with Crippen LogP contribution in [0.5, 0.6) is 0 Å². The minimum Gasteiger partial charge on any atom is -0.390 e. The van der Waals surface area contributed by atoms with Crippen molar-refractivity contribution >= 4 is 29.5 Å². The van der Waals surface area contributed by atoms with E-state index in [4.69, 9.17) is 0 Å². The number of carbonyl (C=O) groups is 3. The Balaban J connectivity index is 0.000000241. The number of benzene rings is 2. The third-order valence-electron chi connectivity index (χ3n) is 5.23. The predicted octanol–water partition coefficient (Wildman–Crippen LogP) is 4.36. The topological polar surface area (TPSA) is 116 Å². The number of allylic oxidation sites excluding steroid dienone is 4. The van der Waals surface area contributed by atoms with Gasteiger partial charge in [0, 0.05) is 11.4 Å². The molecule has 7 nitrogen and oxygen atoms in total. The Morgan fingerprint density at radius 2 is 1.53 bits per heavy atom. The van der Waals surface area contributed by atoms with Crippen LogP contribution in [0.1, 0.15) is 26.2 Å². The van der Waals surface area contributed by atoms with E-state index in [0.717, 1.165) is 24.2 Å². The first-order valence-electron chi connectivity index (χ1n) is 11.3. The van der Waals surface area contributed by atoms with Crippen LogP contribution in [0.3, 0.4) is 0 Å². The monoisotopic (exact) mass is 464 g/mol. The van der Waals surface area contributed by atoms with Gasteiger partial charge in [-0.1, -0.05) is 74.0 Å². The first-order valence-corrected chi connectivity index (χ1v) is 11.3. The zero-order chi connectivity index (χ0) is 24.8. The molecule has 4 atom stereocenters. The number of hydrogen-bond acceptors (Lipinski definition) is 5. The molecule has 4 unspecified atom stereocenters. The lowest BCUT2D eigenvalue weighted by Crippen LogP contribution is -2.47. The van der Waals surface area contributed by atoms with E-state index in [1.54, 1.807) is 12.2 Å². The zero-order valence-electron chi connectivity index (χ0n) is 19.2. The standard InChI is InChI=1S/C14H20O4.C13H12N2O/c1-2-3-4-5-6-7-10-8-12(16)14(18)13(17)11(10)9-15;16-13(14-11-7-3-1-4-8-11)15-12-9-5-2-6-10-12/h4-7,9-12,14,16,18H,2-3,8H2,1H3;1-10H,(H2,14,15,16). The molecule has 0 aromatic heterocycles. The summed E-state index contributed by atoms with van der Waals surface area (Å²) in [7, 11) is 0. The average molecular weight is 465 g/mol. The molecule has 0 heterocycles. The van der Waals surface area contributed by atoms with Gasteiger partial charge in [0.05, 0.1) is 12.0 Å². The molecule has 0 spiro atoms. The number of aliphatic hydroxyl groups is 2. The number of nitrogens with one attached hydrogen (secondary N) is 2. The van der Waals surface area contributed by atoms with E-state index in [1.807, 2.05) is 72.8 Å². The quantitative estimate of drug-likeness (QED) is 0.276. The summed E-state index contributed by atoms with van der Waals surface area (Å²) in [5.74, 6) is -1.77. The highest BCUT2D eigenvalue weighted by molar-refractivity contribution is 5.99. The summed E-state index contributed by atoms with van der Waals surface area (Å²) in [6, 6.07) is 18.4. The lowest BCUT2D eigenvalue weighted by molar-refractivity contribution is -0.146. The summed E-state index contributed by atoms with van der Waals surface area (Å²) in [6.07, 6.45) is 7.72. The second-order valence-corrected chi connectivity index (χ2v) is 7.89. The van der Waals surface area contributed by atoms with Crippen LogP contribution in [0, 0.1) is 11.8 Å². The van der Waals surface area contributed by atoms with E-state index in [0.29, 0.717) is 6.29 Å². The number of para-hydroxylation sites is 2. The average Bonchev–Trinajstić information content (AvgIpc) is 2.84. The van der Waals surface area contributed by atoms with Crippen LogP contribution in [-0.2, 0) is 9.59 Å². The highest BCUT2D eigenvalue weighted by Crippen LogP contribution is 2.28. The van der Waals surface area contributed by atoms with E-state index >= 15 is 0 Å². The maximum absolute atomic E-state index is 11.6. The summed E-state index contributed by atoms with van der Waals surface area (Å²) in [5, 5.41) is 24.4. The Bertz CT molecular complexity index is 916. The Morgan fingerprint density at radius 1 is 0.971 bits per heavy atom. The van der Waals surface area contributed by atoms with Gasteiger partial charge in [-0.3, -0.25) is 4.79 Å². The Kier molecular flexibility index (Phi) is 11.4. The first kappa shape index (κ1) is 26.7. The van der Waals surface area contributed by atoms with E-state index < -0.39 is 23.9 Å². The molecular formula is C27H32N2O5. The lowest BCUT2D eigenvalue weighted by atomic mass is 9.76. The zero-order valence-corrected chi connectivity index (χ0v) is 19.2. The van der Waals surface area contributed by atoms with E-state index in [9.17, 15) is 24.6 Å². The molecule has 0 bridgehead atoms. The number of Topliss-reactive ketones (excluding diaryl/α,β-unsaturated/α-hetero) is 1. The smallest absolute Gasteiger partial charge is 0.323 e. The van der Waals surface area contributed by atoms with Gasteiger partial charge in [-0.05, 0) is 43.0 Å². The third-order valence-corrected chi connectivity index (χ3v) is 5.23. The molecule has 3 rings (SSSR count). The number of unbranched alkanes of at least 4 members (excludes halogenated alkanes) is 1. The molecule has 2 aromatic carbocycles. The van der Waals surface area contributed by atoms with Crippen LogP contribution in [-0.4, -0.2) is 40.5 Å². The van der Waals surface area contributed by atoms with Crippen molar-refractivity contribution in [2.24, 2.45) is 11.8 Å². The second kappa shape index (κ2) is 14.6. The van der Waals surface area contributed by atoms with Gasteiger partial charge in [-0.25, -0.2) is 4.79 Å². The highest BCUT2D eigenvalue weighted by atomic mass is 16.3. The molecule has 2 aromatic rings. The number of carbonyl (C=O) groups excluding carboxylic acids is 3. The van der Waals surface area contributed by atoms with Gasteiger partial charge in [0.25, 0.3) is 0 Å². The number of anilines is 2. The van der Waals surface area contributed by atoms with Crippen molar-refractivity contribution < 1.29 is 24.6 Å². The summed E-state index contributed by atoms with van der Waals surface area (Å²) in [5.41, 5.74) is 1.55. The fourth-order valence-electron chi connectivity index (χ4n) is 3.40. The highest BCUT2D eigenvalue weighted by Gasteiger charge is 2.41. The summed E-state index contributed by atoms with van der Waals surface area (Å²) < 4.78 is 0. The van der Waals surface area contributed by atoms with Crippen LogP contribution in [0.15, 0.2) is 85.0 Å². The molecule has 180 valence electrons. The van der Waals surface area contributed by atoms with Crippen molar-refractivity contribution in [1.29, 1.82) is 0 Å². The lowest BCUT2D eigenvalue weighted by Gasteiger charge is -2.31. The predicted molar refractivity (Wildman–Crippen MR) is 133 cm³/mol. The van der Waals surface area contributed by atoms with Crippen molar-refractivity contribution in [3.8, 4) is 0 Å². The number of rotatable bonds is 7. The maximum atomic E-state index is 11.6. The number of amides is 2. The van der Waals surface area contributed by atoms with Crippen LogP contribution in [0.2, 0.25) is 0 Å². The Labute approximate surface area is 200 Å². The molecule has 0 aliphatic heterocycles. The first-order chi connectivity index (χ1) is 16.5. The van der Waals surface area contributed by atoms with Gasteiger partial charge in [-0.2, -0.15) is 0 Å². The van der Waals surface area contributed by atoms with Crippen molar-refractivity contribution in [2.75, 3.05) is 10.6 Å². The summed E-state index contributed by atoms with van der Waals surface area (Å²) in [4.78, 5) is 34.1. The fraction of sp³-hybridized carbons (Fsp3) is 0.296. The number of aldehydes is 1. The normalized spacial score (nSPS) is 22.1. The van der Waals surface area contributed by atoms with Gasteiger partial charge >= 0.3 is 6.03 Å². The van der Waals surface area contributed by atoms with E-state index in [-0.39, 0.29) is 18.4 Å². The van der Waals surface area contributed by atoms with E-state index in [1.165, 1.54) is 0 Å². The molecule has 1 saturated carbocycles. The van der Waals surface area contributed by atoms with Crippen molar-refractivity contribution in [3.63, 3.8) is 0 Å². The minimum absolute atomic E-state index is 0.231. The molecule has 2 amide bonds. The molecule has 0 radical (unpaired) electrons. The Morgan fingerprint density at radius 3 is 2.03 bits per heavy atom. The molecule has 1 fully saturated rings. The molecule has 7 heteroatoms. The van der Waals surface area contributed by atoms with E-state index in [2.05, 4.69) is 17.6 Å². The third kappa shape index (κ3) is 8.77. The van der Waals surface area contributed by atoms with Crippen molar-refractivity contribution in [1.82, 2.24) is 0 Å². The number of ketones is 1. The van der Waals surface area contributed by atoms with Gasteiger partial charge in [-0.15, -0.1) is 0 Å². The van der Waals surface area contributed by atoms with Gasteiger partial charge in [0.1, 0.15) is 12.4 Å². The molecule has 4 N–H and O–H groups in total. The van der Waals surface area contributed by atoms with Crippen LogP contribution in [0.4, 0.5) is 16.2 Å². The Hall–Kier alpha value is -3.55. The largest absolute Gasteiger partial charge is 0.390 e. The molecular weight excluding hydrogens is 432 g/mol. The van der Waals surface area contributed by atoms with Crippen LogP contribution >= 0.6 is 0 Å². The van der Waals surface area contributed by atoms with Crippen molar-refractivity contribution in [3.05, 3.63) is 85.0 Å². The minimum atomic E-state index is -1.43. The van der Waals surface area contributed by atoms with Crippen molar-refractivity contribution in [2.45, 2.75) is 38.4 Å². The van der Waals surface area contributed by atoms with Gasteiger partial charge < -0.3 is 25.6 Å². The molecule has 1 aliphatic carbocycles. The number of urea groups is 1. The molecule has 0 saturated heterocycles. The van der Waals surface area contributed by atoms with Gasteiger partial charge in [0.2, 0.25) is 0 Å². The van der Waals surface area contributed by atoms with Crippen LogP contribution in [0.25, 0.3) is 0 Å². The SMILES string of the molecule is CCCC=CC=CC1CC(O)C(O)C(=O)C1C=O.O=C(Nc1ccccc1)Nc1ccccc1.